The van der Waals surface area contributed by atoms with Gasteiger partial charge < -0.3 is 23.9 Å². The molecular formula is C30H28ClNO7. The average Bonchev–Trinajstić information content (AvgIpc) is 2.93. The molecule has 39 heavy (non-hydrogen) atoms. The van der Waals surface area contributed by atoms with E-state index in [1.807, 2.05) is 24.3 Å². The van der Waals surface area contributed by atoms with Crippen molar-refractivity contribution in [1.29, 1.82) is 0 Å². The lowest BCUT2D eigenvalue weighted by molar-refractivity contribution is -0.140. The van der Waals surface area contributed by atoms with E-state index < -0.39 is 11.9 Å². The fraction of sp³-hybridized carbons (Fsp3) is 0.300. The van der Waals surface area contributed by atoms with Gasteiger partial charge in [-0.1, -0.05) is 23.7 Å². The maximum atomic E-state index is 13.8. The molecule has 0 radical (unpaired) electrons. The molecule has 0 bridgehead atoms. The van der Waals surface area contributed by atoms with Crippen molar-refractivity contribution in [2.45, 2.75) is 31.6 Å². The van der Waals surface area contributed by atoms with Gasteiger partial charge in [0.25, 0.3) is 0 Å². The van der Waals surface area contributed by atoms with E-state index >= 15 is 0 Å². The van der Waals surface area contributed by atoms with Gasteiger partial charge in [0, 0.05) is 41.1 Å². The number of benzene rings is 2. The Morgan fingerprint density at radius 3 is 2.69 bits per heavy atom. The molecule has 0 saturated carbocycles. The second-order valence-electron chi connectivity index (χ2n) is 9.58. The number of methoxy groups -OCH3 is 2. The number of nitrogens with one attached hydrogen (secondary N) is 1. The summed E-state index contributed by atoms with van der Waals surface area (Å²) in [5, 5.41) is 3.92. The van der Waals surface area contributed by atoms with Gasteiger partial charge in [-0.2, -0.15) is 0 Å². The standard InChI is InChI=1S/C30H28ClNO7/c1-16-26(30(35)38-10-9-36-2)27(22-15-39-25-8-7-19(31)14-21(25)29(22)34)28-23(32-16)12-18(13-24(28)33)17-5-4-6-20(11-17)37-3/h4-8,11,14-15,18,27,32H,9-10,12-13H2,1-3H3/t18-,27-/m1/s1. The molecule has 0 spiro atoms. The first-order valence-corrected chi connectivity index (χ1v) is 12.9. The van der Waals surface area contributed by atoms with Gasteiger partial charge in [0.15, 0.2) is 11.2 Å². The molecule has 0 amide bonds. The fourth-order valence-electron chi connectivity index (χ4n) is 5.36. The van der Waals surface area contributed by atoms with Crippen LogP contribution < -0.4 is 15.5 Å². The number of carbonyl (C=O) groups is 2. The molecule has 2 aliphatic rings. The van der Waals surface area contributed by atoms with Gasteiger partial charge >= 0.3 is 5.97 Å². The minimum Gasteiger partial charge on any atom is -0.497 e. The Morgan fingerprint density at radius 1 is 1.10 bits per heavy atom. The number of hydrogen-bond acceptors (Lipinski definition) is 8. The molecule has 2 atom stereocenters. The van der Waals surface area contributed by atoms with Crippen molar-refractivity contribution in [3.63, 3.8) is 0 Å². The summed E-state index contributed by atoms with van der Waals surface area (Å²) in [6.45, 7) is 1.98. The maximum absolute atomic E-state index is 13.8. The zero-order valence-corrected chi connectivity index (χ0v) is 22.6. The van der Waals surface area contributed by atoms with E-state index in [2.05, 4.69) is 5.32 Å². The minimum absolute atomic E-state index is 0.0263. The second-order valence-corrected chi connectivity index (χ2v) is 10.0. The molecular weight excluding hydrogens is 522 g/mol. The molecule has 3 aromatic rings. The van der Waals surface area contributed by atoms with Crippen molar-refractivity contribution in [2.24, 2.45) is 0 Å². The predicted octanol–water partition coefficient (Wildman–Crippen LogP) is 5.01. The molecule has 1 N–H and O–H groups in total. The molecule has 5 rings (SSSR count). The number of fused-ring (bicyclic) bond motifs is 1. The van der Waals surface area contributed by atoms with Gasteiger partial charge in [-0.15, -0.1) is 0 Å². The van der Waals surface area contributed by atoms with Crippen LogP contribution in [0.15, 0.2) is 80.5 Å². The van der Waals surface area contributed by atoms with Crippen molar-refractivity contribution >= 4 is 34.3 Å². The Morgan fingerprint density at radius 2 is 1.92 bits per heavy atom. The van der Waals surface area contributed by atoms with E-state index in [0.717, 1.165) is 5.56 Å². The normalized spacial score (nSPS) is 19.1. The molecule has 0 fully saturated rings. The Balaban J connectivity index is 1.64. The molecule has 8 nitrogen and oxygen atoms in total. The van der Waals surface area contributed by atoms with E-state index in [9.17, 15) is 14.4 Å². The van der Waals surface area contributed by atoms with Gasteiger partial charge in [0.2, 0.25) is 0 Å². The van der Waals surface area contributed by atoms with Crippen LogP contribution in [0, 0.1) is 0 Å². The van der Waals surface area contributed by atoms with Crippen molar-refractivity contribution in [3.8, 4) is 5.75 Å². The Labute approximate surface area is 230 Å². The Bertz CT molecular complexity index is 1590. The molecule has 0 saturated heterocycles. The summed E-state index contributed by atoms with van der Waals surface area (Å²) in [5.41, 5.74) is 2.86. The SMILES string of the molecule is COCCOC(=O)C1=C(C)NC2=C(C(=O)C[C@H](c3cccc(OC)c3)C2)[C@@H]1c1coc2ccc(Cl)cc2c1=O. The Hall–Kier alpha value is -3.88. The number of ketones is 1. The van der Waals surface area contributed by atoms with E-state index in [4.69, 9.17) is 30.2 Å². The third kappa shape index (κ3) is 5.10. The summed E-state index contributed by atoms with van der Waals surface area (Å²) in [4.78, 5) is 41.0. The van der Waals surface area contributed by atoms with Crippen LogP contribution in [0.2, 0.25) is 5.02 Å². The highest BCUT2D eigenvalue weighted by atomic mass is 35.5. The number of carbonyl (C=O) groups excluding carboxylic acids is 2. The number of halogens is 1. The predicted molar refractivity (Wildman–Crippen MR) is 146 cm³/mol. The van der Waals surface area contributed by atoms with E-state index in [1.54, 1.807) is 26.2 Å². The third-order valence-corrected chi connectivity index (χ3v) is 7.44. The summed E-state index contributed by atoms with van der Waals surface area (Å²) in [7, 11) is 3.11. The van der Waals surface area contributed by atoms with Crippen molar-refractivity contribution < 1.29 is 28.2 Å². The van der Waals surface area contributed by atoms with Gasteiger partial charge in [-0.25, -0.2) is 4.79 Å². The molecule has 9 heteroatoms. The number of hydrogen-bond donors (Lipinski definition) is 1. The lowest BCUT2D eigenvalue weighted by Crippen LogP contribution is -2.37. The van der Waals surface area contributed by atoms with E-state index in [0.29, 0.717) is 39.7 Å². The summed E-state index contributed by atoms with van der Waals surface area (Å²) < 4.78 is 21.6. The summed E-state index contributed by atoms with van der Waals surface area (Å²) in [6.07, 6.45) is 2.05. The molecule has 2 heterocycles. The van der Waals surface area contributed by atoms with E-state index in [1.165, 1.54) is 19.4 Å². The number of allylic oxidation sites excluding steroid dienone is 3. The van der Waals surface area contributed by atoms with Gasteiger partial charge in [0.1, 0.15) is 17.9 Å². The highest BCUT2D eigenvalue weighted by molar-refractivity contribution is 6.31. The number of rotatable bonds is 7. The highest BCUT2D eigenvalue weighted by Gasteiger charge is 2.43. The Kier molecular flexibility index (Phi) is 7.59. The van der Waals surface area contributed by atoms with Crippen LogP contribution in [-0.2, 0) is 19.1 Å². The van der Waals surface area contributed by atoms with Crippen LogP contribution >= 0.6 is 11.6 Å². The van der Waals surface area contributed by atoms with Crippen molar-refractivity contribution in [3.05, 3.63) is 97.6 Å². The molecule has 1 aliphatic heterocycles. The monoisotopic (exact) mass is 549 g/mol. The van der Waals surface area contributed by atoms with Crippen LogP contribution in [0.5, 0.6) is 5.75 Å². The molecule has 2 aromatic carbocycles. The van der Waals surface area contributed by atoms with Crippen LogP contribution in [-0.4, -0.2) is 39.2 Å². The van der Waals surface area contributed by atoms with Crippen LogP contribution in [0.4, 0.5) is 0 Å². The van der Waals surface area contributed by atoms with E-state index in [-0.39, 0.29) is 53.3 Å². The summed E-state index contributed by atoms with van der Waals surface area (Å²) >= 11 is 6.17. The number of dihydropyridines is 1. The smallest absolute Gasteiger partial charge is 0.336 e. The van der Waals surface area contributed by atoms with Gasteiger partial charge in [0.05, 0.1) is 36.9 Å². The number of ether oxygens (including phenoxy) is 3. The van der Waals surface area contributed by atoms with Crippen LogP contribution in [0.3, 0.4) is 0 Å². The summed E-state index contributed by atoms with van der Waals surface area (Å²) in [6, 6.07) is 12.4. The fourth-order valence-corrected chi connectivity index (χ4v) is 5.54. The third-order valence-electron chi connectivity index (χ3n) is 7.21. The first-order chi connectivity index (χ1) is 18.8. The summed E-state index contributed by atoms with van der Waals surface area (Å²) in [5.74, 6) is -1.16. The molecule has 1 aliphatic carbocycles. The number of Topliss-reactive ketones (excluding diaryl/α,β-unsaturated/α-hetero) is 1. The van der Waals surface area contributed by atoms with Gasteiger partial charge in [-0.05, 0) is 55.2 Å². The second kappa shape index (κ2) is 11.1. The number of esters is 1. The van der Waals surface area contributed by atoms with Crippen molar-refractivity contribution in [2.75, 3.05) is 27.4 Å². The van der Waals surface area contributed by atoms with Crippen LogP contribution in [0.1, 0.15) is 42.7 Å². The molecule has 202 valence electrons. The molecule has 1 aromatic heterocycles. The largest absolute Gasteiger partial charge is 0.497 e. The van der Waals surface area contributed by atoms with Crippen molar-refractivity contribution in [1.82, 2.24) is 5.32 Å². The molecule has 0 unspecified atom stereocenters. The average molecular weight is 550 g/mol. The quantitative estimate of drug-likeness (QED) is 0.324. The maximum Gasteiger partial charge on any atom is 0.336 e. The van der Waals surface area contributed by atoms with Crippen LogP contribution in [0.25, 0.3) is 11.0 Å². The first kappa shape index (κ1) is 26.7. The van der Waals surface area contributed by atoms with Gasteiger partial charge in [-0.3, -0.25) is 9.59 Å². The topological polar surface area (TPSA) is 104 Å². The minimum atomic E-state index is -0.963. The zero-order valence-electron chi connectivity index (χ0n) is 21.8. The first-order valence-electron chi connectivity index (χ1n) is 12.6. The lowest BCUT2D eigenvalue weighted by atomic mass is 9.72. The zero-order chi connectivity index (χ0) is 27.7. The lowest BCUT2D eigenvalue weighted by Gasteiger charge is -2.36. The highest BCUT2D eigenvalue weighted by Crippen LogP contribution is 2.45.